The van der Waals surface area contributed by atoms with Crippen molar-refractivity contribution in [3.8, 4) is 0 Å². The van der Waals surface area contributed by atoms with Crippen LogP contribution in [0.1, 0.15) is 102 Å². The van der Waals surface area contributed by atoms with Crippen LogP contribution in [0.15, 0.2) is 60.7 Å². The maximum atomic E-state index is 15.1. The molecule has 0 bridgehead atoms. The first-order chi connectivity index (χ1) is 23.7. The number of unbranched alkanes of at least 4 members (excludes halogenated alkanes) is 11. The second-order valence-corrected chi connectivity index (χ2v) is 16.8. The first-order valence-electron chi connectivity index (χ1n) is 16.6. The summed E-state index contributed by atoms with van der Waals surface area (Å²) in [7, 11) is -24.8. The molecule has 0 spiro atoms. The summed E-state index contributed by atoms with van der Waals surface area (Å²) in [6, 6.07) is 12.6. The first kappa shape index (κ1) is 45.9. The first-order valence-corrected chi connectivity index (χ1v) is 22.5. The van der Waals surface area contributed by atoms with E-state index >= 15 is 4.20 Å². The molecule has 0 heterocycles. The van der Waals surface area contributed by atoms with E-state index in [0.717, 1.165) is 69.2 Å². The molecule has 2 aromatic rings. The molecule has 5 unspecified atom stereocenters. The van der Waals surface area contributed by atoms with Crippen molar-refractivity contribution in [2.24, 2.45) is 5.41 Å². The van der Waals surface area contributed by atoms with Gasteiger partial charge in [-0.2, -0.15) is 0 Å². The van der Waals surface area contributed by atoms with E-state index in [4.69, 9.17) is 9.05 Å². The molecule has 51 heavy (non-hydrogen) atoms. The van der Waals surface area contributed by atoms with Gasteiger partial charge in [-0.1, -0.05) is 145 Å². The molecule has 292 valence electrons. The predicted molar refractivity (Wildman–Crippen MR) is 183 cm³/mol. The van der Waals surface area contributed by atoms with Crippen LogP contribution in [-0.2, 0) is 42.0 Å². The summed E-state index contributed by atoms with van der Waals surface area (Å²) in [5.74, 6) is 0. The quantitative estimate of drug-likeness (QED) is 0.0380. The van der Waals surface area contributed by atoms with Crippen LogP contribution >= 0.6 is 31.6 Å². The van der Waals surface area contributed by atoms with Crippen LogP contribution in [-0.4, -0.2) is 38.9 Å². The smallest absolute Gasteiger partial charge is 0.299 e. The van der Waals surface area contributed by atoms with Crippen molar-refractivity contribution in [2.45, 2.75) is 102 Å². The van der Waals surface area contributed by atoms with Crippen LogP contribution in [0.25, 0.3) is 0 Å². The Hall–Kier alpha value is -1.24. The second-order valence-electron chi connectivity index (χ2n) is 12.3. The normalized spacial score (nSPS) is 18.8. The van der Waals surface area contributed by atoms with Gasteiger partial charge in [-0.15, -0.1) is 16.8 Å². The van der Waals surface area contributed by atoms with Crippen LogP contribution < -0.4 is 0 Å². The van der Waals surface area contributed by atoms with Gasteiger partial charge in [0, 0.05) is 0 Å². The van der Waals surface area contributed by atoms with E-state index in [1.165, 1.54) is 49.2 Å². The highest BCUT2D eigenvalue weighted by molar-refractivity contribution is 7.47. The molecule has 0 radical (unpaired) electrons. The van der Waals surface area contributed by atoms with E-state index in [1.807, 2.05) is 0 Å². The minimum Gasteiger partial charge on any atom is -0.299 e. The van der Waals surface area contributed by atoms with E-state index in [0.29, 0.717) is 12.8 Å². The molecule has 0 aliphatic carbocycles. The highest BCUT2D eigenvalue weighted by atomic mass is 31.2. The van der Waals surface area contributed by atoms with E-state index in [2.05, 4.69) is 16.0 Å². The standard InChI is InChI=1S/C31H48F4O12P4/c1-2-3-4-5-6-7-8-9-10-11-12-19-24-29(46-50(34,40)41)30(25-44-48(32,36)37,26-45-49(33,38)39)31(47-51(35,42)43,27-20-15-13-16-21-27)28-22-17-14-18-23-28/h13-18,20-23,29H,2-12,19,24-26H2,1H3,(H,36,37)(H,38,39)(H,40,41)(H,42,43). The lowest BCUT2D eigenvalue weighted by Crippen LogP contribution is -2.60. The highest BCUT2D eigenvalue weighted by Crippen LogP contribution is 2.65. The minimum atomic E-state index is -6.34. The Kier molecular flexibility index (Phi) is 18.9. The zero-order chi connectivity index (χ0) is 38.2. The maximum absolute atomic E-state index is 15.1. The fraction of sp³-hybridized carbons (Fsp3) is 0.613. The number of hydrogen-bond acceptors (Lipinski definition) is 8. The van der Waals surface area contributed by atoms with Crippen molar-refractivity contribution < 1.29 is 72.7 Å². The van der Waals surface area contributed by atoms with Crippen LogP contribution in [0, 0.1) is 5.41 Å². The molecule has 0 aliphatic heterocycles. The molecule has 2 aromatic carbocycles. The molecule has 2 rings (SSSR count). The Morgan fingerprint density at radius 2 is 0.941 bits per heavy atom. The summed E-state index contributed by atoms with van der Waals surface area (Å²) in [6.45, 7) is -1.24. The zero-order valence-corrected chi connectivity index (χ0v) is 31.9. The van der Waals surface area contributed by atoms with Gasteiger partial charge in [-0.05, 0) is 17.5 Å². The Morgan fingerprint density at radius 1 is 0.569 bits per heavy atom. The van der Waals surface area contributed by atoms with E-state index in [9.17, 15) is 50.4 Å². The largest absolute Gasteiger partial charge is 0.511 e. The summed E-state index contributed by atoms with van der Waals surface area (Å²) in [5, 5.41) is 0. The number of rotatable bonds is 27. The minimum absolute atomic E-state index is 0.00563. The Bertz CT molecular complexity index is 1420. The highest BCUT2D eigenvalue weighted by Gasteiger charge is 2.64. The fourth-order valence-electron chi connectivity index (χ4n) is 6.26. The van der Waals surface area contributed by atoms with Crippen LogP contribution in [0.4, 0.5) is 16.8 Å². The number of hydrogen-bond donors (Lipinski definition) is 4. The van der Waals surface area contributed by atoms with Gasteiger partial charge >= 0.3 is 31.6 Å². The second kappa shape index (κ2) is 21.0. The fourth-order valence-corrected chi connectivity index (χ4v) is 8.39. The predicted octanol–water partition coefficient (Wildman–Crippen LogP) is 10.7. The average molecular weight is 813 g/mol. The monoisotopic (exact) mass is 812 g/mol. The molecule has 12 nitrogen and oxygen atoms in total. The van der Waals surface area contributed by atoms with Gasteiger partial charge in [0.15, 0.2) is 0 Å². The van der Waals surface area contributed by atoms with Crippen LogP contribution in [0.2, 0.25) is 0 Å². The van der Waals surface area contributed by atoms with Crippen molar-refractivity contribution in [1.29, 1.82) is 0 Å². The van der Waals surface area contributed by atoms with Gasteiger partial charge in [-0.25, -0.2) is 18.3 Å². The summed E-state index contributed by atoms with van der Waals surface area (Å²) in [6.07, 6.45) is 7.52. The topological polar surface area (TPSA) is 186 Å². The SMILES string of the molecule is CCCCCCCCCCCCCCC(OP(=O)(O)F)C(COP(=O)(O)F)(COP(=O)(O)F)C(OP(=O)(O)F)(c1ccccc1)c1ccccc1. The molecule has 0 aromatic heterocycles. The molecule has 0 saturated heterocycles. The van der Waals surface area contributed by atoms with Gasteiger partial charge < -0.3 is 0 Å². The zero-order valence-electron chi connectivity index (χ0n) is 28.3. The lowest BCUT2D eigenvalue weighted by atomic mass is 9.62. The third kappa shape index (κ3) is 16.3. The lowest BCUT2D eigenvalue weighted by Gasteiger charge is -2.52. The van der Waals surface area contributed by atoms with E-state index < -0.39 is 68.4 Å². The van der Waals surface area contributed by atoms with Crippen molar-refractivity contribution >= 4 is 31.6 Å². The Balaban J connectivity index is 2.73. The Morgan fingerprint density at radius 3 is 1.27 bits per heavy atom. The van der Waals surface area contributed by atoms with Crippen LogP contribution in [0.5, 0.6) is 0 Å². The van der Waals surface area contributed by atoms with Gasteiger partial charge in [0.2, 0.25) is 0 Å². The third-order valence-electron chi connectivity index (χ3n) is 8.47. The van der Waals surface area contributed by atoms with Gasteiger partial charge in [0.25, 0.3) is 0 Å². The molecule has 5 atom stereocenters. The van der Waals surface area contributed by atoms with E-state index in [1.54, 1.807) is 0 Å². The number of benzene rings is 2. The van der Waals surface area contributed by atoms with Crippen molar-refractivity contribution in [3.63, 3.8) is 0 Å². The molecule has 0 fully saturated rings. The number of halogens is 4. The molecular formula is C31H48F4O12P4. The van der Waals surface area contributed by atoms with Crippen molar-refractivity contribution in [1.82, 2.24) is 0 Å². The third-order valence-corrected chi connectivity index (χ3v) is 10.4. The molecule has 0 aliphatic rings. The van der Waals surface area contributed by atoms with Crippen LogP contribution in [0.3, 0.4) is 0 Å². The van der Waals surface area contributed by atoms with Gasteiger partial charge in [-0.3, -0.25) is 37.7 Å². The molecule has 4 N–H and O–H groups in total. The lowest BCUT2D eigenvalue weighted by molar-refractivity contribution is -0.154. The van der Waals surface area contributed by atoms with Gasteiger partial charge in [0.1, 0.15) is 5.60 Å². The van der Waals surface area contributed by atoms with Crippen molar-refractivity contribution in [3.05, 3.63) is 71.8 Å². The average Bonchev–Trinajstić information content (AvgIpc) is 3.03. The maximum Gasteiger partial charge on any atom is 0.511 e. The molecule has 20 heteroatoms. The Labute approximate surface area is 296 Å². The summed E-state index contributed by atoms with van der Waals surface area (Å²) < 4.78 is 127. The van der Waals surface area contributed by atoms with Crippen molar-refractivity contribution in [2.75, 3.05) is 13.2 Å². The molecule has 0 saturated carbocycles. The summed E-state index contributed by atoms with van der Waals surface area (Å²) >= 11 is 0. The van der Waals surface area contributed by atoms with Gasteiger partial charge in [0.05, 0.1) is 24.7 Å². The van der Waals surface area contributed by atoms with E-state index in [-0.39, 0.29) is 17.5 Å². The summed E-state index contributed by atoms with van der Waals surface area (Å²) in [5.41, 5.74) is -6.88. The molecule has 0 amide bonds. The molecular weight excluding hydrogens is 764 g/mol. The summed E-state index contributed by atoms with van der Waals surface area (Å²) in [4.78, 5) is 39.1.